The first kappa shape index (κ1) is 24.6. The van der Waals surface area contributed by atoms with Crippen molar-refractivity contribution in [3.63, 3.8) is 0 Å². The highest BCUT2D eigenvalue weighted by Crippen LogP contribution is 2.14. The molecule has 31 heavy (non-hydrogen) atoms. The van der Waals surface area contributed by atoms with Crippen molar-refractivity contribution in [3.8, 4) is 0 Å². The minimum atomic E-state index is -0.710. The van der Waals surface area contributed by atoms with Crippen molar-refractivity contribution in [2.45, 2.75) is 12.1 Å². The van der Waals surface area contributed by atoms with Crippen molar-refractivity contribution in [1.29, 1.82) is 0 Å². The lowest BCUT2D eigenvalue weighted by Crippen LogP contribution is -2.52. The SMILES string of the molecule is COC/C=C(\C=C/CCl)N1CCN(C(=O)C(=O)NC2=CC(OC)C(NC=O)C=C2)CC1. The molecule has 2 atom stereocenters. The van der Waals surface area contributed by atoms with Gasteiger partial charge in [0.25, 0.3) is 0 Å². The molecule has 1 heterocycles. The number of halogens is 1. The van der Waals surface area contributed by atoms with Crippen molar-refractivity contribution < 1.29 is 23.9 Å². The van der Waals surface area contributed by atoms with Crippen LogP contribution < -0.4 is 10.6 Å². The molecule has 10 heteroatoms. The number of alkyl halides is 1. The molecule has 0 aromatic rings. The van der Waals surface area contributed by atoms with E-state index in [1.165, 1.54) is 12.0 Å². The Morgan fingerprint density at radius 2 is 1.94 bits per heavy atom. The fourth-order valence-electron chi connectivity index (χ4n) is 3.31. The van der Waals surface area contributed by atoms with E-state index in [1.807, 2.05) is 18.2 Å². The van der Waals surface area contributed by atoms with Crippen LogP contribution in [-0.4, -0.2) is 93.1 Å². The second kappa shape index (κ2) is 12.9. The molecule has 0 aromatic heterocycles. The molecule has 3 amide bonds. The third kappa shape index (κ3) is 7.23. The van der Waals surface area contributed by atoms with E-state index in [0.717, 1.165) is 5.70 Å². The van der Waals surface area contributed by atoms with Crippen LogP contribution in [0.1, 0.15) is 0 Å². The van der Waals surface area contributed by atoms with Crippen molar-refractivity contribution in [3.05, 3.63) is 47.9 Å². The zero-order chi connectivity index (χ0) is 22.6. The van der Waals surface area contributed by atoms with Crippen molar-refractivity contribution in [1.82, 2.24) is 20.4 Å². The van der Waals surface area contributed by atoms with Gasteiger partial charge in [0.15, 0.2) is 0 Å². The van der Waals surface area contributed by atoms with Gasteiger partial charge in [-0.1, -0.05) is 12.2 Å². The Morgan fingerprint density at radius 1 is 1.23 bits per heavy atom. The third-order valence-electron chi connectivity index (χ3n) is 4.93. The first-order valence-corrected chi connectivity index (χ1v) is 10.5. The van der Waals surface area contributed by atoms with Crippen molar-refractivity contribution in [2.75, 3.05) is 52.9 Å². The Kier molecular flexibility index (Phi) is 10.3. The third-order valence-corrected chi connectivity index (χ3v) is 5.11. The van der Waals surface area contributed by atoms with Crippen LogP contribution >= 0.6 is 11.6 Å². The van der Waals surface area contributed by atoms with Gasteiger partial charge in [-0.2, -0.15) is 0 Å². The number of carbonyl (C=O) groups is 3. The Bertz CT molecular complexity index is 757. The standard InChI is InChI=1S/C21H29ClN4O5/c1-30-13-7-17(4-3-8-22)25-9-11-26(12-10-25)21(29)20(28)24-16-5-6-18(23-15-27)19(14-16)31-2/h3-7,14-15,18-19H,8-13H2,1-2H3,(H,23,27)(H,24,28)/b4-3-,17-7+. The van der Waals surface area contributed by atoms with Gasteiger partial charge in [-0.15, -0.1) is 11.6 Å². The van der Waals surface area contributed by atoms with E-state index in [4.69, 9.17) is 21.1 Å². The quantitative estimate of drug-likeness (QED) is 0.224. The molecule has 2 N–H and O–H groups in total. The van der Waals surface area contributed by atoms with Crippen LogP contribution in [0.5, 0.6) is 0 Å². The number of carbonyl (C=O) groups excluding carboxylic acids is 3. The maximum Gasteiger partial charge on any atom is 0.313 e. The summed E-state index contributed by atoms with van der Waals surface area (Å²) in [5, 5.41) is 5.23. The van der Waals surface area contributed by atoms with E-state index < -0.39 is 17.9 Å². The second-order valence-corrected chi connectivity index (χ2v) is 7.17. The molecule has 0 spiro atoms. The lowest BCUT2D eigenvalue weighted by molar-refractivity contribution is -0.146. The van der Waals surface area contributed by atoms with Crippen LogP contribution in [0.15, 0.2) is 47.9 Å². The van der Waals surface area contributed by atoms with E-state index >= 15 is 0 Å². The molecular weight excluding hydrogens is 424 g/mol. The lowest BCUT2D eigenvalue weighted by atomic mass is 10.0. The zero-order valence-corrected chi connectivity index (χ0v) is 18.5. The molecule has 0 bridgehead atoms. The van der Waals surface area contributed by atoms with Crippen LogP contribution in [0.4, 0.5) is 0 Å². The van der Waals surface area contributed by atoms with Crippen LogP contribution in [-0.2, 0) is 23.9 Å². The fourth-order valence-corrected chi connectivity index (χ4v) is 3.40. The van der Waals surface area contributed by atoms with Gasteiger partial charge in [-0.25, -0.2) is 0 Å². The van der Waals surface area contributed by atoms with E-state index in [0.29, 0.717) is 50.8 Å². The predicted octanol–water partition coefficient (Wildman–Crippen LogP) is 0.155. The molecule has 9 nitrogen and oxygen atoms in total. The number of hydrogen-bond donors (Lipinski definition) is 2. The number of piperazine rings is 1. The van der Waals surface area contributed by atoms with Gasteiger partial charge in [0.1, 0.15) is 6.10 Å². The summed E-state index contributed by atoms with van der Waals surface area (Å²) in [5.41, 5.74) is 1.42. The molecule has 1 aliphatic heterocycles. The van der Waals surface area contributed by atoms with Gasteiger partial charge in [0, 0.05) is 57.7 Å². The molecular formula is C21H29ClN4O5. The Balaban J connectivity index is 1.92. The number of allylic oxidation sites excluding steroid dienone is 3. The van der Waals surface area contributed by atoms with Gasteiger partial charge in [0.2, 0.25) is 6.41 Å². The van der Waals surface area contributed by atoms with Crippen LogP contribution in [0.2, 0.25) is 0 Å². The Hall–Kier alpha value is -2.62. The molecule has 0 aromatic carbocycles. The molecule has 2 rings (SSSR count). The summed E-state index contributed by atoms with van der Waals surface area (Å²) < 4.78 is 10.4. The minimum absolute atomic E-state index is 0.333. The molecule has 2 aliphatic rings. The summed E-state index contributed by atoms with van der Waals surface area (Å²) in [6.07, 6.45) is 10.9. The van der Waals surface area contributed by atoms with Gasteiger partial charge in [-0.05, 0) is 24.3 Å². The molecule has 2 unspecified atom stereocenters. The van der Waals surface area contributed by atoms with Crippen LogP contribution in [0.25, 0.3) is 0 Å². The molecule has 1 aliphatic carbocycles. The zero-order valence-electron chi connectivity index (χ0n) is 17.8. The van der Waals surface area contributed by atoms with Crippen molar-refractivity contribution in [2.24, 2.45) is 0 Å². The summed E-state index contributed by atoms with van der Waals surface area (Å²) >= 11 is 5.74. The number of nitrogens with zero attached hydrogens (tertiary/aromatic N) is 2. The molecule has 0 radical (unpaired) electrons. The molecule has 1 saturated heterocycles. The molecule has 0 saturated carbocycles. The first-order valence-electron chi connectivity index (χ1n) is 9.93. The number of methoxy groups -OCH3 is 2. The molecule has 170 valence electrons. The highest BCUT2D eigenvalue weighted by atomic mass is 35.5. The fraction of sp³-hybridized carbons (Fsp3) is 0.476. The number of amides is 3. The van der Waals surface area contributed by atoms with Gasteiger partial charge >= 0.3 is 11.8 Å². The van der Waals surface area contributed by atoms with E-state index in [1.54, 1.807) is 25.3 Å². The maximum atomic E-state index is 12.6. The van der Waals surface area contributed by atoms with Crippen LogP contribution in [0, 0.1) is 0 Å². The predicted molar refractivity (Wildman–Crippen MR) is 117 cm³/mol. The normalized spacial score (nSPS) is 21.8. The number of hydrogen-bond acceptors (Lipinski definition) is 6. The maximum absolute atomic E-state index is 12.6. The average Bonchev–Trinajstić information content (AvgIpc) is 2.80. The first-order chi connectivity index (χ1) is 15.0. The largest absolute Gasteiger partial charge is 0.381 e. The smallest absolute Gasteiger partial charge is 0.313 e. The Morgan fingerprint density at radius 3 is 2.55 bits per heavy atom. The average molecular weight is 453 g/mol. The summed E-state index contributed by atoms with van der Waals surface area (Å²) in [7, 11) is 3.13. The monoisotopic (exact) mass is 452 g/mol. The van der Waals surface area contributed by atoms with Gasteiger partial charge in [0.05, 0.1) is 12.6 Å². The number of rotatable bonds is 9. The minimum Gasteiger partial charge on any atom is -0.381 e. The van der Waals surface area contributed by atoms with Crippen molar-refractivity contribution >= 4 is 29.8 Å². The second-order valence-electron chi connectivity index (χ2n) is 6.87. The summed E-state index contributed by atoms with van der Waals surface area (Å²) in [5.74, 6) is -0.892. The Labute approximate surface area is 187 Å². The van der Waals surface area contributed by atoms with E-state index in [9.17, 15) is 14.4 Å². The molecule has 1 fully saturated rings. The number of nitrogens with one attached hydrogen (secondary N) is 2. The van der Waals surface area contributed by atoms with Gasteiger partial charge in [-0.3, -0.25) is 14.4 Å². The van der Waals surface area contributed by atoms with Gasteiger partial charge < -0.3 is 29.9 Å². The van der Waals surface area contributed by atoms with Crippen LogP contribution in [0.3, 0.4) is 0 Å². The summed E-state index contributed by atoms with van der Waals surface area (Å²) in [6, 6.07) is -0.333. The summed E-state index contributed by atoms with van der Waals surface area (Å²) in [6.45, 7) is 2.50. The highest BCUT2D eigenvalue weighted by Gasteiger charge is 2.28. The summed E-state index contributed by atoms with van der Waals surface area (Å²) in [4.78, 5) is 39.4. The van der Waals surface area contributed by atoms with E-state index in [-0.39, 0.29) is 6.04 Å². The number of ether oxygens (including phenoxy) is 2. The highest BCUT2D eigenvalue weighted by molar-refractivity contribution is 6.35. The lowest BCUT2D eigenvalue weighted by Gasteiger charge is -2.36. The van der Waals surface area contributed by atoms with E-state index in [2.05, 4.69) is 15.5 Å². The topological polar surface area (TPSA) is 100 Å².